The Morgan fingerprint density at radius 2 is 1.77 bits per heavy atom. The molecule has 0 aliphatic rings. The van der Waals surface area contributed by atoms with Crippen LogP contribution in [0.5, 0.6) is 0 Å². The maximum atomic E-state index is 13.0. The number of hydrogen-bond acceptors (Lipinski definition) is 6. The highest BCUT2D eigenvalue weighted by molar-refractivity contribution is 7.07. The third kappa shape index (κ3) is 5.15. The summed E-state index contributed by atoms with van der Waals surface area (Å²) in [4.78, 5) is 37.7. The normalized spacial score (nSPS) is 12.1. The van der Waals surface area contributed by atoms with Crippen molar-refractivity contribution in [2.45, 2.75) is 13.5 Å². The van der Waals surface area contributed by atoms with Gasteiger partial charge in [0.15, 0.2) is 5.57 Å². The average molecular weight is 433 g/mol. The number of para-hydroxylation sites is 1. The number of amides is 1. The second-order valence-electron chi connectivity index (χ2n) is 6.30. The van der Waals surface area contributed by atoms with Gasteiger partial charge in [-0.15, -0.1) is 11.3 Å². The third-order valence-electron chi connectivity index (χ3n) is 4.22. The van der Waals surface area contributed by atoms with Gasteiger partial charge >= 0.3 is 5.97 Å². The van der Waals surface area contributed by atoms with Crippen molar-refractivity contribution in [2.24, 2.45) is 0 Å². The number of nitrogens with one attached hydrogen (secondary N) is 1. The molecule has 0 fully saturated rings. The molecule has 1 amide bonds. The van der Waals surface area contributed by atoms with Crippen LogP contribution in [0.1, 0.15) is 12.5 Å². The first-order valence-electron chi connectivity index (χ1n) is 9.47. The summed E-state index contributed by atoms with van der Waals surface area (Å²) in [5.74, 6) is -1.28. The predicted molar refractivity (Wildman–Crippen MR) is 118 cm³/mol. The number of hydrogen-bond donors (Lipinski definition) is 1. The van der Waals surface area contributed by atoms with Crippen LogP contribution in [0.25, 0.3) is 17.3 Å². The molecule has 7 nitrogen and oxygen atoms in total. The molecule has 8 heteroatoms. The van der Waals surface area contributed by atoms with Gasteiger partial charge < -0.3 is 10.1 Å². The number of esters is 1. The minimum absolute atomic E-state index is 0.0703. The van der Waals surface area contributed by atoms with Gasteiger partial charge in [-0.25, -0.2) is 4.79 Å². The van der Waals surface area contributed by atoms with Crippen LogP contribution in [-0.2, 0) is 20.9 Å². The summed E-state index contributed by atoms with van der Waals surface area (Å²) < 4.78 is 6.36. The molecule has 0 saturated carbocycles. The monoisotopic (exact) mass is 433 g/mol. The second kappa shape index (κ2) is 10.2. The van der Waals surface area contributed by atoms with Crippen molar-refractivity contribution in [3.63, 3.8) is 0 Å². The largest absolute Gasteiger partial charge is 0.463 e. The van der Waals surface area contributed by atoms with E-state index < -0.39 is 17.4 Å². The number of ether oxygens (including phenoxy) is 1. The third-order valence-corrected chi connectivity index (χ3v) is 5.31. The molecule has 0 bridgehead atoms. The lowest BCUT2D eigenvalue weighted by atomic mass is 10.2. The number of carbonyl (C=O) groups excluding carboxylic acids is 2. The summed E-state index contributed by atoms with van der Waals surface area (Å²) in [6.45, 7) is 2.05. The molecular formula is C23H19N3O4S. The van der Waals surface area contributed by atoms with Gasteiger partial charge in [0.25, 0.3) is 11.5 Å². The maximum absolute atomic E-state index is 13.0. The predicted octanol–water partition coefficient (Wildman–Crippen LogP) is 1.23. The highest BCUT2D eigenvalue weighted by Gasteiger charge is 2.17. The lowest BCUT2D eigenvalue weighted by Gasteiger charge is -2.06. The highest BCUT2D eigenvalue weighted by Crippen LogP contribution is 2.04. The van der Waals surface area contributed by atoms with Gasteiger partial charge in [0, 0.05) is 12.6 Å². The first kappa shape index (κ1) is 21.7. The molecule has 2 aromatic carbocycles. The van der Waals surface area contributed by atoms with Crippen molar-refractivity contribution >= 4 is 34.9 Å². The maximum Gasteiger partial charge on any atom is 0.332 e. The molecule has 0 spiro atoms. The van der Waals surface area contributed by atoms with Crippen LogP contribution in [0.15, 0.2) is 65.5 Å². The first-order chi connectivity index (χ1) is 15.0. The molecule has 1 aromatic heterocycles. The van der Waals surface area contributed by atoms with Crippen LogP contribution < -0.4 is 20.1 Å². The molecule has 0 unspecified atom stereocenters. The van der Waals surface area contributed by atoms with Crippen molar-refractivity contribution in [1.29, 1.82) is 5.26 Å². The number of carbonyl (C=O) groups is 2. The van der Waals surface area contributed by atoms with Crippen molar-refractivity contribution < 1.29 is 14.3 Å². The molecule has 156 valence electrons. The van der Waals surface area contributed by atoms with Crippen molar-refractivity contribution in [2.75, 3.05) is 6.61 Å². The minimum atomic E-state index is -0.667. The molecular weight excluding hydrogens is 414 g/mol. The van der Waals surface area contributed by atoms with Gasteiger partial charge in [-0.3, -0.25) is 14.2 Å². The standard InChI is InChI=1S/C23H19N3O4S/c1-2-30-20(27)13-19-22(29)26(17-11-7-4-8-12-17)23(31-19)18(14-24)21(28)25-15-16-9-5-3-6-10-16/h3-13H,2,15H2,1H3,(H,25,28)/b19-13+,23-18-. The fourth-order valence-corrected chi connectivity index (χ4v) is 3.88. The van der Waals surface area contributed by atoms with Crippen LogP contribution in [0, 0.1) is 11.3 Å². The van der Waals surface area contributed by atoms with Gasteiger partial charge in [0.1, 0.15) is 15.3 Å². The molecule has 1 N–H and O–H groups in total. The molecule has 0 saturated heterocycles. The Bertz CT molecular complexity index is 1300. The molecule has 0 atom stereocenters. The Labute approximate surface area is 182 Å². The number of nitrogens with zero attached hydrogens (tertiary/aromatic N) is 2. The lowest BCUT2D eigenvalue weighted by Crippen LogP contribution is -2.34. The van der Waals surface area contributed by atoms with Crippen molar-refractivity contribution in [3.05, 3.63) is 85.8 Å². The lowest BCUT2D eigenvalue weighted by molar-refractivity contribution is -0.135. The SMILES string of the molecule is CCOC(=O)/C=c1/s/c(=C(/C#N)C(=O)NCc2ccccc2)n(-c2ccccc2)c1=O. The van der Waals surface area contributed by atoms with E-state index in [2.05, 4.69) is 5.32 Å². The van der Waals surface area contributed by atoms with Gasteiger partial charge in [0.2, 0.25) is 0 Å². The van der Waals surface area contributed by atoms with Gasteiger partial charge in [-0.2, -0.15) is 5.26 Å². The van der Waals surface area contributed by atoms with Gasteiger partial charge in [-0.05, 0) is 24.6 Å². The Hall–Kier alpha value is -3.96. The van der Waals surface area contributed by atoms with Crippen LogP contribution in [0.4, 0.5) is 0 Å². The zero-order valence-electron chi connectivity index (χ0n) is 16.7. The number of aromatic nitrogens is 1. The van der Waals surface area contributed by atoms with E-state index in [-0.39, 0.29) is 27.9 Å². The Morgan fingerprint density at radius 1 is 1.13 bits per heavy atom. The summed E-state index contributed by atoms with van der Waals surface area (Å²) in [5, 5.41) is 12.4. The minimum Gasteiger partial charge on any atom is -0.463 e. The molecule has 1 heterocycles. The van der Waals surface area contributed by atoms with Gasteiger partial charge in [0.05, 0.1) is 12.3 Å². The van der Waals surface area contributed by atoms with Crippen molar-refractivity contribution in [1.82, 2.24) is 9.88 Å². The van der Waals surface area contributed by atoms with Crippen molar-refractivity contribution in [3.8, 4) is 11.8 Å². The summed E-state index contributed by atoms with van der Waals surface area (Å²) >= 11 is 0.892. The molecule has 3 aromatic rings. The number of rotatable bonds is 6. The molecule has 0 aliphatic heterocycles. The van der Waals surface area contributed by atoms with E-state index in [1.165, 1.54) is 4.57 Å². The molecule has 0 aliphatic carbocycles. The number of thiazole rings is 1. The quantitative estimate of drug-likeness (QED) is 0.590. The molecule has 0 radical (unpaired) electrons. The fraction of sp³-hybridized carbons (Fsp3) is 0.130. The van der Waals surface area contributed by atoms with E-state index >= 15 is 0 Å². The second-order valence-corrected chi connectivity index (χ2v) is 7.33. The Kier molecular flexibility index (Phi) is 7.14. The average Bonchev–Trinajstić information content (AvgIpc) is 3.09. The van der Waals surface area contributed by atoms with Crippen LogP contribution >= 0.6 is 11.3 Å². The smallest absolute Gasteiger partial charge is 0.332 e. The van der Waals surface area contributed by atoms with Crippen LogP contribution in [0.3, 0.4) is 0 Å². The molecule has 3 rings (SSSR count). The molecule has 31 heavy (non-hydrogen) atoms. The summed E-state index contributed by atoms with van der Waals surface area (Å²) in [6.07, 6.45) is 1.08. The van der Waals surface area contributed by atoms with E-state index in [0.717, 1.165) is 23.0 Å². The van der Waals surface area contributed by atoms with E-state index in [1.54, 1.807) is 37.3 Å². The van der Waals surface area contributed by atoms with Crippen LogP contribution in [-0.4, -0.2) is 23.1 Å². The van der Waals surface area contributed by atoms with E-state index in [1.807, 2.05) is 36.4 Å². The summed E-state index contributed by atoms with van der Waals surface area (Å²) in [7, 11) is 0. The van der Waals surface area contributed by atoms with Crippen LogP contribution in [0.2, 0.25) is 0 Å². The number of benzene rings is 2. The Morgan fingerprint density at radius 3 is 2.39 bits per heavy atom. The topological polar surface area (TPSA) is 101 Å². The summed E-state index contributed by atoms with van der Waals surface area (Å²) in [5.41, 5.74) is 0.621. The highest BCUT2D eigenvalue weighted by atomic mass is 32.1. The van der Waals surface area contributed by atoms with Gasteiger partial charge in [-0.1, -0.05) is 48.5 Å². The van der Waals surface area contributed by atoms with E-state index in [0.29, 0.717) is 5.69 Å². The zero-order chi connectivity index (χ0) is 22.2. The fourth-order valence-electron chi connectivity index (χ4n) is 2.81. The summed E-state index contributed by atoms with van der Waals surface area (Å²) in [6, 6.07) is 19.8. The van der Waals surface area contributed by atoms with E-state index in [4.69, 9.17) is 4.74 Å². The Balaban J connectivity index is 2.15. The zero-order valence-corrected chi connectivity index (χ0v) is 17.5. The van der Waals surface area contributed by atoms with E-state index in [9.17, 15) is 19.6 Å². The first-order valence-corrected chi connectivity index (χ1v) is 10.3. The number of nitriles is 1.